The molecule has 0 fully saturated rings. The second-order valence-corrected chi connectivity index (χ2v) is 7.76. The fourth-order valence-corrected chi connectivity index (χ4v) is 3.51. The van der Waals surface area contributed by atoms with Crippen LogP contribution in [0.2, 0.25) is 10.0 Å². The zero-order chi connectivity index (χ0) is 24.1. The monoisotopic (exact) mass is 499 g/mol. The third kappa shape index (κ3) is 5.22. The van der Waals surface area contributed by atoms with Gasteiger partial charge in [0, 0.05) is 11.2 Å². The van der Waals surface area contributed by atoms with E-state index in [1.165, 1.54) is 21.6 Å². The predicted octanol–water partition coefficient (Wildman–Crippen LogP) is 4.84. The molecule has 1 amide bonds. The number of halogens is 2. The van der Waals surface area contributed by atoms with Crippen molar-refractivity contribution in [2.75, 3.05) is 11.9 Å². The van der Waals surface area contributed by atoms with Gasteiger partial charge >= 0.3 is 5.97 Å². The third-order valence-corrected chi connectivity index (χ3v) is 5.15. The van der Waals surface area contributed by atoms with Crippen LogP contribution in [0.4, 0.5) is 5.82 Å². The number of amides is 1. The van der Waals surface area contributed by atoms with Crippen molar-refractivity contribution in [3.05, 3.63) is 88.3 Å². The number of benzene rings is 2. The maximum absolute atomic E-state index is 13.0. The Kier molecular flexibility index (Phi) is 7.15. The minimum Gasteiger partial charge on any atom is -0.470 e. The van der Waals surface area contributed by atoms with E-state index in [4.69, 9.17) is 32.7 Å². The van der Waals surface area contributed by atoms with Crippen LogP contribution >= 0.6 is 23.2 Å². The van der Waals surface area contributed by atoms with E-state index in [9.17, 15) is 9.59 Å². The molecule has 0 radical (unpaired) electrons. The van der Waals surface area contributed by atoms with Gasteiger partial charge in [0.1, 0.15) is 11.3 Å². The summed E-state index contributed by atoms with van der Waals surface area (Å²) in [7, 11) is 0. The quantitative estimate of drug-likeness (QED) is 0.348. The number of aromatic nitrogens is 4. The summed E-state index contributed by atoms with van der Waals surface area (Å²) in [5.74, 6) is -0.530. The normalized spacial score (nSPS) is 10.7. The number of ether oxygens (including phenoxy) is 2. The first-order valence-corrected chi connectivity index (χ1v) is 10.9. The molecule has 9 nitrogen and oxygen atoms in total. The summed E-state index contributed by atoms with van der Waals surface area (Å²) in [4.78, 5) is 25.4. The SMILES string of the molecule is CCOC(=O)c1cnn(-c2ccccc2)c1NC(=O)c1ccn(COc2ccc(Cl)cc2Cl)n1. The van der Waals surface area contributed by atoms with E-state index in [0.717, 1.165) is 0 Å². The summed E-state index contributed by atoms with van der Waals surface area (Å²) in [5.41, 5.74) is 0.896. The van der Waals surface area contributed by atoms with Crippen LogP contribution in [0.25, 0.3) is 5.69 Å². The molecule has 2 aromatic carbocycles. The standard InChI is InChI=1S/C23H19Cl2N5O4/c1-2-33-23(32)17-13-26-30(16-6-4-3-5-7-16)21(17)27-22(31)19-10-11-29(28-19)14-34-20-9-8-15(24)12-18(20)25/h3-13H,2,14H2,1H3,(H,27,31). The van der Waals surface area contributed by atoms with Crippen LogP contribution in [-0.2, 0) is 11.5 Å². The summed E-state index contributed by atoms with van der Waals surface area (Å²) in [6.45, 7) is 1.90. The molecule has 0 bridgehead atoms. The molecular weight excluding hydrogens is 481 g/mol. The average molecular weight is 500 g/mol. The Balaban J connectivity index is 1.53. The van der Waals surface area contributed by atoms with Gasteiger partial charge in [0.25, 0.3) is 5.91 Å². The first-order chi connectivity index (χ1) is 16.5. The molecule has 4 rings (SSSR count). The van der Waals surface area contributed by atoms with E-state index in [2.05, 4.69) is 15.5 Å². The molecule has 174 valence electrons. The van der Waals surface area contributed by atoms with Crippen LogP contribution in [0.15, 0.2) is 67.0 Å². The maximum atomic E-state index is 13.0. The Morgan fingerprint density at radius 1 is 1.09 bits per heavy atom. The van der Waals surface area contributed by atoms with Crippen LogP contribution in [-0.4, -0.2) is 38.0 Å². The van der Waals surface area contributed by atoms with Gasteiger partial charge in [0.2, 0.25) is 0 Å². The molecular formula is C23H19Cl2N5O4. The summed E-state index contributed by atoms with van der Waals surface area (Å²) in [5, 5.41) is 12.1. The van der Waals surface area contributed by atoms with E-state index in [0.29, 0.717) is 21.5 Å². The molecule has 2 aromatic heterocycles. The van der Waals surface area contributed by atoms with Gasteiger partial charge in [-0.1, -0.05) is 41.4 Å². The molecule has 0 aliphatic carbocycles. The van der Waals surface area contributed by atoms with Crippen molar-refractivity contribution >= 4 is 40.9 Å². The lowest BCUT2D eigenvalue weighted by atomic mass is 10.3. The van der Waals surface area contributed by atoms with Gasteiger partial charge in [-0.15, -0.1) is 0 Å². The van der Waals surface area contributed by atoms with Crippen molar-refractivity contribution in [2.24, 2.45) is 0 Å². The highest BCUT2D eigenvalue weighted by Crippen LogP contribution is 2.27. The Morgan fingerprint density at radius 2 is 1.88 bits per heavy atom. The summed E-state index contributed by atoms with van der Waals surface area (Å²) in [6, 6.07) is 15.5. The fourth-order valence-electron chi connectivity index (χ4n) is 3.05. The van der Waals surface area contributed by atoms with Gasteiger partial charge in [-0.2, -0.15) is 10.2 Å². The van der Waals surface area contributed by atoms with Crippen molar-refractivity contribution in [3.8, 4) is 11.4 Å². The highest BCUT2D eigenvalue weighted by molar-refractivity contribution is 6.35. The molecule has 1 N–H and O–H groups in total. The smallest absolute Gasteiger partial charge is 0.343 e. The zero-order valence-electron chi connectivity index (χ0n) is 17.9. The van der Waals surface area contributed by atoms with Crippen molar-refractivity contribution < 1.29 is 19.1 Å². The molecule has 0 atom stereocenters. The van der Waals surface area contributed by atoms with Gasteiger partial charge in [0.05, 0.1) is 23.5 Å². The minimum absolute atomic E-state index is 0.0185. The van der Waals surface area contributed by atoms with Gasteiger partial charge in [-0.3, -0.25) is 4.79 Å². The highest BCUT2D eigenvalue weighted by atomic mass is 35.5. The number of nitrogens with zero attached hydrogens (tertiary/aromatic N) is 4. The number of carbonyl (C=O) groups is 2. The lowest BCUT2D eigenvalue weighted by Crippen LogP contribution is -2.19. The first kappa shape index (κ1) is 23.3. The molecule has 11 heteroatoms. The van der Waals surface area contributed by atoms with Crippen molar-refractivity contribution in [3.63, 3.8) is 0 Å². The lowest BCUT2D eigenvalue weighted by Gasteiger charge is -2.10. The molecule has 0 spiro atoms. The molecule has 2 heterocycles. The molecule has 4 aromatic rings. The van der Waals surface area contributed by atoms with E-state index >= 15 is 0 Å². The summed E-state index contributed by atoms with van der Waals surface area (Å²) < 4.78 is 13.6. The number of para-hydroxylation sites is 1. The van der Waals surface area contributed by atoms with Crippen LogP contribution in [0.3, 0.4) is 0 Å². The van der Waals surface area contributed by atoms with Crippen LogP contribution in [0.1, 0.15) is 27.8 Å². The number of rotatable bonds is 8. The van der Waals surface area contributed by atoms with Crippen LogP contribution < -0.4 is 10.1 Å². The van der Waals surface area contributed by atoms with E-state index in [-0.39, 0.29) is 30.4 Å². The number of hydrogen-bond donors (Lipinski definition) is 1. The maximum Gasteiger partial charge on any atom is 0.343 e. The Hall–Kier alpha value is -3.82. The van der Waals surface area contributed by atoms with Crippen molar-refractivity contribution in [1.82, 2.24) is 19.6 Å². The van der Waals surface area contributed by atoms with Crippen molar-refractivity contribution in [2.45, 2.75) is 13.7 Å². The molecule has 0 aliphatic rings. The molecule has 0 saturated carbocycles. The van der Waals surface area contributed by atoms with Crippen molar-refractivity contribution in [1.29, 1.82) is 0 Å². The minimum atomic E-state index is -0.598. The van der Waals surface area contributed by atoms with Gasteiger partial charge < -0.3 is 14.8 Å². The van der Waals surface area contributed by atoms with E-state index < -0.39 is 11.9 Å². The average Bonchev–Trinajstić information content (AvgIpc) is 3.47. The second kappa shape index (κ2) is 10.4. The lowest BCUT2D eigenvalue weighted by molar-refractivity contribution is 0.0527. The first-order valence-electron chi connectivity index (χ1n) is 10.2. The third-order valence-electron chi connectivity index (χ3n) is 4.62. The highest BCUT2D eigenvalue weighted by Gasteiger charge is 2.23. The van der Waals surface area contributed by atoms with E-state index in [1.54, 1.807) is 43.5 Å². The number of esters is 1. The van der Waals surface area contributed by atoms with Gasteiger partial charge in [0.15, 0.2) is 18.2 Å². The summed E-state index contributed by atoms with van der Waals surface area (Å²) in [6.07, 6.45) is 2.93. The van der Waals surface area contributed by atoms with E-state index in [1.807, 2.05) is 18.2 Å². The largest absolute Gasteiger partial charge is 0.470 e. The molecule has 0 unspecified atom stereocenters. The Morgan fingerprint density at radius 3 is 2.62 bits per heavy atom. The van der Waals surface area contributed by atoms with Crippen LogP contribution in [0, 0.1) is 0 Å². The van der Waals surface area contributed by atoms with Gasteiger partial charge in [-0.05, 0) is 43.3 Å². The molecule has 0 saturated heterocycles. The number of carbonyl (C=O) groups excluding carboxylic acids is 2. The second-order valence-electron chi connectivity index (χ2n) is 6.92. The Labute approximate surface area is 204 Å². The molecule has 34 heavy (non-hydrogen) atoms. The van der Waals surface area contributed by atoms with Crippen LogP contribution in [0.5, 0.6) is 5.75 Å². The summed E-state index contributed by atoms with van der Waals surface area (Å²) >= 11 is 12.0. The fraction of sp³-hybridized carbons (Fsp3) is 0.130. The number of anilines is 1. The Bertz CT molecular complexity index is 1320. The van der Waals surface area contributed by atoms with Gasteiger partial charge in [-0.25, -0.2) is 14.2 Å². The molecule has 0 aliphatic heterocycles. The number of hydrogen-bond acceptors (Lipinski definition) is 6. The number of nitrogens with one attached hydrogen (secondary N) is 1. The topological polar surface area (TPSA) is 100 Å². The predicted molar refractivity (Wildman–Crippen MR) is 127 cm³/mol. The zero-order valence-corrected chi connectivity index (χ0v) is 19.5.